The zero-order valence-corrected chi connectivity index (χ0v) is 8.60. The molecule has 1 heterocycles. The molecule has 0 saturated heterocycles. The van der Waals surface area contributed by atoms with E-state index in [-0.39, 0.29) is 29.5 Å². The van der Waals surface area contributed by atoms with Crippen molar-refractivity contribution in [1.29, 1.82) is 0 Å². The summed E-state index contributed by atoms with van der Waals surface area (Å²) >= 11 is 0. The lowest BCUT2D eigenvalue weighted by Crippen LogP contribution is -2.31. The van der Waals surface area contributed by atoms with Crippen LogP contribution < -0.4 is 11.1 Å². The number of hydrogen-bond donors (Lipinski definition) is 2. The molecular weight excluding hydrogens is 212 g/mol. The van der Waals surface area contributed by atoms with E-state index in [9.17, 15) is 14.4 Å². The fourth-order valence-corrected chi connectivity index (χ4v) is 1.80. The predicted octanol–water partition coefficient (Wildman–Crippen LogP) is -0.209. The van der Waals surface area contributed by atoms with Gasteiger partial charge in [0.15, 0.2) is 0 Å². The number of carboxylic acid groups (broad SMARTS) is 1. The first kappa shape index (κ1) is 10.7. The third-order valence-electron chi connectivity index (χ3n) is 2.87. The van der Waals surface area contributed by atoms with Gasteiger partial charge >= 0.3 is 5.97 Å². The summed E-state index contributed by atoms with van der Waals surface area (Å²) in [5.41, 5.74) is -1.01. The Morgan fingerprint density at radius 1 is 1.44 bits per heavy atom. The maximum Gasteiger partial charge on any atom is 0.303 e. The Labute approximate surface area is 90.5 Å². The first-order valence-electron chi connectivity index (χ1n) is 5.03. The van der Waals surface area contributed by atoms with Crippen LogP contribution in [0, 0.1) is 5.41 Å². The summed E-state index contributed by atoms with van der Waals surface area (Å²) in [5, 5.41) is 11.1. The molecule has 0 spiro atoms. The number of rotatable bonds is 4. The molecule has 0 radical (unpaired) electrons. The lowest BCUT2D eigenvalue weighted by atomic mass is 10.0. The summed E-state index contributed by atoms with van der Waals surface area (Å²) in [4.78, 5) is 33.1. The lowest BCUT2D eigenvalue weighted by Gasteiger charge is -2.13. The van der Waals surface area contributed by atoms with Gasteiger partial charge in [-0.05, 0) is 12.8 Å². The second-order valence-electron chi connectivity index (χ2n) is 4.30. The summed E-state index contributed by atoms with van der Waals surface area (Å²) in [6, 6.07) is 2.35. The summed E-state index contributed by atoms with van der Waals surface area (Å²) in [6.45, 7) is 0.272. The van der Waals surface area contributed by atoms with Crippen molar-refractivity contribution in [3.63, 3.8) is 0 Å². The Balaban J connectivity index is 2.21. The number of hydrogen-bond acceptors (Lipinski definition) is 3. The molecule has 0 amide bonds. The van der Waals surface area contributed by atoms with Crippen LogP contribution in [0.15, 0.2) is 21.7 Å². The van der Waals surface area contributed by atoms with Crippen LogP contribution in [0.25, 0.3) is 0 Å². The van der Waals surface area contributed by atoms with Gasteiger partial charge in [-0.25, -0.2) is 4.68 Å². The number of H-pyrrole nitrogens is 1. The van der Waals surface area contributed by atoms with E-state index in [4.69, 9.17) is 5.11 Å². The van der Waals surface area contributed by atoms with Crippen LogP contribution >= 0.6 is 0 Å². The second kappa shape index (κ2) is 3.62. The Hall–Kier alpha value is -1.85. The SMILES string of the molecule is O=C(O)CC1(Cn2[nH]c(=O)ccc2=O)CC1. The smallest absolute Gasteiger partial charge is 0.303 e. The quantitative estimate of drug-likeness (QED) is 0.740. The van der Waals surface area contributed by atoms with E-state index in [2.05, 4.69) is 5.10 Å². The van der Waals surface area contributed by atoms with Gasteiger partial charge in [0, 0.05) is 24.1 Å². The molecule has 0 atom stereocenters. The number of aromatic nitrogens is 2. The van der Waals surface area contributed by atoms with Gasteiger partial charge in [0.1, 0.15) is 0 Å². The first-order valence-corrected chi connectivity index (χ1v) is 5.03. The summed E-state index contributed by atoms with van der Waals surface area (Å²) in [5.74, 6) is -0.871. The van der Waals surface area contributed by atoms with Crippen LogP contribution in [0.1, 0.15) is 19.3 Å². The van der Waals surface area contributed by atoms with E-state index in [1.165, 1.54) is 10.7 Å². The summed E-state index contributed by atoms with van der Waals surface area (Å²) in [7, 11) is 0. The standard InChI is InChI=1S/C10H12N2O4/c13-7-1-2-8(14)12(11-7)6-10(3-4-10)5-9(15)16/h1-2H,3-6H2,(H,11,13)(H,15,16). The second-order valence-corrected chi connectivity index (χ2v) is 4.30. The molecule has 6 nitrogen and oxygen atoms in total. The normalized spacial score (nSPS) is 17.0. The maximum atomic E-state index is 11.4. The van der Waals surface area contributed by atoms with Crippen molar-refractivity contribution in [1.82, 2.24) is 9.78 Å². The molecule has 1 fully saturated rings. The Morgan fingerprint density at radius 2 is 2.12 bits per heavy atom. The average molecular weight is 224 g/mol. The molecule has 0 aromatic carbocycles. The third-order valence-corrected chi connectivity index (χ3v) is 2.87. The number of aromatic amines is 1. The van der Waals surface area contributed by atoms with Crippen molar-refractivity contribution < 1.29 is 9.90 Å². The number of nitrogens with zero attached hydrogens (tertiary/aromatic N) is 1. The zero-order chi connectivity index (χ0) is 11.8. The minimum Gasteiger partial charge on any atom is -0.481 e. The molecule has 2 rings (SSSR count). The van der Waals surface area contributed by atoms with Crippen LogP contribution in [0.5, 0.6) is 0 Å². The van der Waals surface area contributed by atoms with E-state index in [0.717, 1.165) is 18.9 Å². The Kier molecular flexibility index (Phi) is 2.41. The lowest BCUT2D eigenvalue weighted by molar-refractivity contribution is -0.138. The molecule has 1 aliphatic rings. The highest BCUT2D eigenvalue weighted by atomic mass is 16.4. The molecule has 0 bridgehead atoms. The molecular formula is C10H12N2O4. The minimum absolute atomic E-state index is 0.0381. The number of carbonyl (C=O) groups is 1. The van der Waals surface area contributed by atoms with Gasteiger partial charge in [-0.15, -0.1) is 0 Å². The fourth-order valence-electron chi connectivity index (χ4n) is 1.80. The third kappa shape index (κ3) is 2.21. The topological polar surface area (TPSA) is 92.2 Å². The fraction of sp³-hybridized carbons (Fsp3) is 0.500. The highest BCUT2D eigenvalue weighted by Crippen LogP contribution is 2.49. The van der Waals surface area contributed by atoms with Crippen molar-refractivity contribution >= 4 is 5.97 Å². The van der Waals surface area contributed by atoms with Crippen molar-refractivity contribution in [2.45, 2.75) is 25.8 Å². The Morgan fingerprint density at radius 3 is 2.69 bits per heavy atom. The highest BCUT2D eigenvalue weighted by Gasteiger charge is 2.45. The van der Waals surface area contributed by atoms with E-state index < -0.39 is 5.97 Å². The molecule has 1 aromatic heterocycles. The van der Waals surface area contributed by atoms with Gasteiger partial charge in [-0.3, -0.25) is 19.5 Å². The van der Waals surface area contributed by atoms with E-state index in [1.807, 2.05) is 0 Å². The molecule has 0 unspecified atom stereocenters. The minimum atomic E-state index is -0.871. The summed E-state index contributed by atoms with van der Waals surface area (Å²) in [6.07, 6.45) is 1.60. The van der Waals surface area contributed by atoms with Gasteiger partial charge in [-0.1, -0.05) is 0 Å². The molecule has 1 saturated carbocycles. The largest absolute Gasteiger partial charge is 0.481 e. The van der Waals surface area contributed by atoms with Crippen molar-refractivity contribution in [3.8, 4) is 0 Å². The van der Waals surface area contributed by atoms with Gasteiger partial charge < -0.3 is 5.11 Å². The van der Waals surface area contributed by atoms with Crippen molar-refractivity contribution in [2.75, 3.05) is 0 Å². The number of nitrogens with one attached hydrogen (secondary N) is 1. The molecule has 1 aromatic rings. The van der Waals surface area contributed by atoms with Gasteiger partial charge in [0.05, 0.1) is 6.42 Å². The van der Waals surface area contributed by atoms with Gasteiger partial charge in [0.2, 0.25) is 0 Å². The van der Waals surface area contributed by atoms with Crippen LogP contribution in [0.3, 0.4) is 0 Å². The van der Waals surface area contributed by atoms with Crippen molar-refractivity contribution in [2.24, 2.45) is 5.41 Å². The number of aliphatic carboxylic acids is 1. The van der Waals surface area contributed by atoms with Crippen molar-refractivity contribution in [3.05, 3.63) is 32.8 Å². The average Bonchev–Trinajstić information content (AvgIpc) is 2.90. The van der Waals surface area contributed by atoms with Crippen LogP contribution in [0.4, 0.5) is 0 Å². The molecule has 0 aliphatic heterocycles. The van der Waals surface area contributed by atoms with E-state index >= 15 is 0 Å². The van der Waals surface area contributed by atoms with Crippen LogP contribution in [-0.4, -0.2) is 20.9 Å². The first-order chi connectivity index (χ1) is 7.51. The highest BCUT2D eigenvalue weighted by molar-refractivity contribution is 5.68. The van der Waals surface area contributed by atoms with E-state index in [0.29, 0.717) is 0 Å². The number of carboxylic acids is 1. The predicted molar refractivity (Wildman–Crippen MR) is 55.2 cm³/mol. The Bertz CT molecular complexity index is 524. The van der Waals surface area contributed by atoms with Crippen LogP contribution in [-0.2, 0) is 11.3 Å². The van der Waals surface area contributed by atoms with Gasteiger partial charge in [0.25, 0.3) is 11.1 Å². The monoisotopic (exact) mass is 224 g/mol. The maximum absolute atomic E-state index is 11.4. The zero-order valence-electron chi connectivity index (χ0n) is 8.60. The van der Waals surface area contributed by atoms with Gasteiger partial charge in [-0.2, -0.15) is 0 Å². The molecule has 2 N–H and O–H groups in total. The molecule has 1 aliphatic carbocycles. The van der Waals surface area contributed by atoms with Crippen LogP contribution in [0.2, 0.25) is 0 Å². The molecule has 16 heavy (non-hydrogen) atoms. The molecule has 6 heteroatoms. The summed E-state index contributed by atoms with van der Waals surface area (Å²) < 4.78 is 1.19. The molecule has 86 valence electrons. The van der Waals surface area contributed by atoms with E-state index in [1.54, 1.807) is 0 Å².